The molecule has 0 atom stereocenters. The van der Waals surface area contributed by atoms with Gasteiger partial charge >= 0.3 is 0 Å². The summed E-state index contributed by atoms with van der Waals surface area (Å²) in [6.45, 7) is 4.05. The number of aryl methyl sites for hydroxylation is 1. The molecule has 0 saturated heterocycles. The van der Waals surface area contributed by atoms with Crippen LogP contribution >= 0.6 is 22.9 Å². The van der Waals surface area contributed by atoms with Crippen LogP contribution in [0.4, 0.5) is 10.8 Å². The first kappa shape index (κ1) is 20.8. The number of nitro benzene ring substituents is 1. The van der Waals surface area contributed by atoms with E-state index >= 15 is 0 Å². The van der Waals surface area contributed by atoms with E-state index in [1.807, 2.05) is 13.8 Å². The number of amides is 2. The Morgan fingerprint density at radius 2 is 2.15 bits per heavy atom. The number of thiazole rings is 1. The maximum absolute atomic E-state index is 12.8. The fourth-order valence-electron chi connectivity index (χ4n) is 2.31. The van der Waals surface area contributed by atoms with Crippen molar-refractivity contribution in [1.29, 1.82) is 0 Å². The molecule has 0 spiro atoms. The van der Waals surface area contributed by atoms with Crippen LogP contribution in [0.3, 0.4) is 0 Å². The number of unbranched alkanes of at least 4 members (excludes halogenated alkanes) is 1. The van der Waals surface area contributed by atoms with E-state index in [2.05, 4.69) is 10.3 Å². The zero-order valence-electron chi connectivity index (χ0n) is 14.9. The quantitative estimate of drug-likeness (QED) is 0.524. The summed E-state index contributed by atoms with van der Waals surface area (Å²) in [6, 6.07) is 3.66. The van der Waals surface area contributed by atoms with Crippen LogP contribution in [0.15, 0.2) is 24.4 Å². The molecule has 2 amide bonds. The lowest BCUT2D eigenvalue weighted by atomic mass is 10.1. The standard InChI is InChI=1S/C17H19ClN4O4S/c1-3-4-7-21(10-15(23)20-17-19-9-11(2)27-17)16(24)13-6-5-12(22(25)26)8-14(13)18/h5-6,8-9H,3-4,7,10H2,1-2H3,(H,19,20,23). The van der Waals surface area contributed by atoms with E-state index in [0.29, 0.717) is 18.1 Å². The zero-order valence-corrected chi connectivity index (χ0v) is 16.5. The number of anilines is 1. The van der Waals surface area contributed by atoms with E-state index in [-0.39, 0.29) is 28.7 Å². The van der Waals surface area contributed by atoms with Gasteiger partial charge in [0.2, 0.25) is 5.91 Å². The molecule has 0 unspecified atom stereocenters. The number of hydrogen-bond acceptors (Lipinski definition) is 6. The molecule has 27 heavy (non-hydrogen) atoms. The number of halogens is 1. The van der Waals surface area contributed by atoms with Crippen LogP contribution in [-0.2, 0) is 4.79 Å². The molecule has 0 aliphatic rings. The Balaban J connectivity index is 2.15. The molecule has 2 aromatic rings. The van der Waals surface area contributed by atoms with Crippen molar-refractivity contribution in [2.24, 2.45) is 0 Å². The van der Waals surface area contributed by atoms with Gasteiger partial charge in [-0.1, -0.05) is 24.9 Å². The molecule has 8 nitrogen and oxygen atoms in total. The van der Waals surface area contributed by atoms with Gasteiger partial charge in [-0.3, -0.25) is 19.7 Å². The van der Waals surface area contributed by atoms with Gasteiger partial charge in [0.1, 0.15) is 6.54 Å². The van der Waals surface area contributed by atoms with Gasteiger partial charge < -0.3 is 10.2 Å². The molecule has 1 N–H and O–H groups in total. The highest BCUT2D eigenvalue weighted by atomic mass is 35.5. The van der Waals surface area contributed by atoms with Crippen molar-refractivity contribution in [3.8, 4) is 0 Å². The maximum Gasteiger partial charge on any atom is 0.270 e. The fraction of sp³-hybridized carbons (Fsp3) is 0.353. The summed E-state index contributed by atoms with van der Waals surface area (Å²) >= 11 is 7.40. The number of nitrogens with one attached hydrogen (secondary N) is 1. The van der Waals surface area contributed by atoms with Crippen molar-refractivity contribution >= 4 is 45.6 Å². The van der Waals surface area contributed by atoms with Gasteiger partial charge in [0.25, 0.3) is 11.6 Å². The first-order valence-electron chi connectivity index (χ1n) is 8.27. The Labute approximate surface area is 165 Å². The number of benzene rings is 1. The van der Waals surface area contributed by atoms with Crippen molar-refractivity contribution in [1.82, 2.24) is 9.88 Å². The van der Waals surface area contributed by atoms with Gasteiger partial charge in [0.15, 0.2) is 5.13 Å². The summed E-state index contributed by atoms with van der Waals surface area (Å²) in [4.78, 5) is 41.8. The Morgan fingerprint density at radius 3 is 2.70 bits per heavy atom. The topological polar surface area (TPSA) is 105 Å². The number of hydrogen-bond donors (Lipinski definition) is 1. The molecular weight excluding hydrogens is 392 g/mol. The minimum absolute atomic E-state index is 0.0216. The molecule has 2 rings (SSSR count). The van der Waals surface area contributed by atoms with Crippen molar-refractivity contribution in [3.05, 3.63) is 50.0 Å². The Kier molecular flexibility index (Phi) is 7.26. The molecule has 0 radical (unpaired) electrons. The van der Waals surface area contributed by atoms with Crippen LogP contribution in [0.5, 0.6) is 0 Å². The number of carbonyl (C=O) groups is 2. The third kappa shape index (κ3) is 5.73. The number of rotatable bonds is 8. The van der Waals surface area contributed by atoms with Crippen molar-refractivity contribution in [3.63, 3.8) is 0 Å². The minimum atomic E-state index is -0.585. The molecule has 1 heterocycles. The van der Waals surface area contributed by atoms with Gasteiger partial charge in [-0.05, 0) is 19.4 Å². The first-order valence-corrected chi connectivity index (χ1v) is 9.46. The smallest absolute Gasteiger partial charge is 0.270 e. The van der Waals surface area contributed by atoms with Crippen molar-refractivity contribution in [2.75, 3.05) is 18.4 Å². The second kappa shape index (κ2) is 9.43. The predicted molar refractivity (Wildman–Crippen MR) is 104 cm³/mol. The van der Waals surface area contributed by atoms with Crippen LogP contribution in [-0.4, -0.2) is 39.7 Å². The molecule has 10 heteroatoms. The summed E-state index contributed by atoms with van der Waals surface area (Å²) in [7, 11) is 0. The normalized spacial score (nSPS) is 10.5. The minimum Gasteiger partial charge on any atom is -0.329 e. The Morgan fingerprint density at radius 1 is 1.41 bits per heavy atom. The van der Waals surface area contributed by atoms with Crippen molar-refractivity contribution in [2.45, 2.75) is 26.7 Å². The number of nitro groups is 1. The molecular formula is C17H19ClN4O4S. The number of non-ortho nitro benzene ring substituents is 1. The van der Waals surface area contributed by atoms with Gasteiger partial charge in [0, 0.05) is 29.8 Å². The largest absolute Gasteiger partial charge is 0.329 e. The predicted octanol–water partition coefficient (Wildman–Crippen LogP) is 3.89. The van der Waals surface area contributed by atoms with Gasteiger partial charge in [-0.25, -0.2) is 4.98 Å². The molecule has 0 aliphatic heterocycles. The fourth-order valence-corrected chi connectivity index (χ4v) is 3.24. The zero-order chi connectivity index (χ0) is 20.0. The van der Waals surface area contributed by atoms with Crippen molar-refractivity contribution < 1.29 is 14.5 Å². The first-order chi connectivity index (χ1) is 12.8. The highest BCUT2D eigenvalue weighted by molar-refractivity contribution is 7.15. The molecule has 1 aromatic carbocycles. The van der Waals surface area contributed by atoms with Crippen LogP contribution in [0, 0.1) is 17.0 Å². The highest BCUT2D eigenvalue weighted by Gasteiger charge is 2.22. The molecule has 0 bridgehead atoms. The molecule has 0 aliphatic carbocycles. The SMILES string of the molecule is CCCCN(CC(=O)Nc1ncc(C)s1)C(=O)c1ccc([N+](=O)[O-])cc1Cl. The molecule has 1 aromatic heterocycles. The van der Waals surface area contributed by atoms with Crippen LogP contribution in [0.1, 0.15) is 35.0 Å². The monoisotopic (exact) mass is 410 g/mol. The van der Waals surface area contributed by atoms with Crippen LogP contribution in [0.2, 0.25) is 5.02 Å². The maximum atomic E-state index is 12.8. The van der Waals surface area contributed by atoms with Gasteiger partial charge in [-0.15, -0.1) is 11.3 Å². The third-order valence-corrected chi connectivity index (χ3v) is 4.81. The van der Waals surface area contributed by atoms with Crippen LogP contribution < -0.4 is 5.32 Å². The van der Waals surface area contributed by atoms with E-state index in [1.54, 1.807) is 6.20 Å². The van der Waals surface area contributed by atoms with Gasteiger partial charge in [0.05, 0.1) is 15.5 Å². The van der Waals surface area contributed by atoms with Crippen LogP contribution in [0.25, 0.3) is 0 Å². The third-order valence-electron chi connectivity index (χ3n) is 3.66. The highest BCUT2D eigenvalue weighted by Crippen LogP contribution is 2.24. The summed E-state index contributed by atoms with van der Waals surface area (Å²) < 4.78 is 0. The number of nitrogens with zero attached hydrogens (tertiary/aromatic N) is 3. The lowest BCUT2D eigenvalue weighted by Crippen LogP contribution is -2.38. The van der Waals surface area contributed by atoms with E-state index in [1.165, 1.54) is 28.4 Å². The lowest BCUT2D eigenvalue weighted by Gasteiger charge is -2.22. The Hall–Kier alpha value is -2.52. The second-order valence-electron chi connectivity index (χ2n) is 5.83. The number of aromatic nitrogens is 1. The Bertz CT molecular complexity index is 855. The van der Waals surface area contributed by atoms with Gasteiger partial charge in [-0.2, -0.15) is 0 Å². The van der Waals surface area contributed by atoms with E-state index in [0.717, 1.165) is 17.4 Å². The van der Waals surface area contributed by atoms with E-state index in [4.69, 9.17) is 11.6 Å². The second-order valence-corrected chi connectivity index (χ2v) is 7.47. The molecule has 144 valence electrons. The summed E-state index contributed by atoms with van der Waals surface area (Å²) in [5.41, 5.74) is -0.0789. The average molecular weight is 411 g/mol. The molecule has 0 saturated carbocycles. The lowest BCUT2D eigenvalue weighted by molar-refractivity contribution is -0.384. The number of carbonyl (C=O) groups excluding carboxylic acids is 2. The van der Waals surface area contributed by atoms with E-state index < -0.39 is 10.8 Å². The summed E-state index contributed by atoms with van der Waals surface area (Å²) in [5.74, 6) is -0.819. The molecule has 0 fully saturated rings. The van der Waals surface area contributed by atoms with E-state index in [9.17, 15) is 19.7 Å². The average Bonchev–Trinajstić information content (AvgIpc) is 3.02. The summed E-state index contributed by atoms with van der Waals surface area (Å²) in [6.07, 6.45) is 3.20. The summed E-state index contributed by atoms with van der Waals surface area (Å²) in [5, 5.41) is 13.9.